The molecule has 0 radical (unpaired) electrons. The van der Waals surface area contributed by atoms with Crippen molar-refractivity contribution in [2.45, 2.75) is 31.5 Å². The summed E-state index contributed by atoms with van der Waals surface area (Å²) in [6, 6.07) is 21.9. The Hall–Kier alpha value is -3.64. The number of methoxy groups -OCH3 is 1. The molecule has 1 aliphatic heterocycles. The van der Waals surface area contributed by atoms with Crippen molar-refractivity contribution in [1.29, 1.82) is 0 Å². The number of benzene rings is 3. The van der Waals surface area contributed by atoms with Gasteiger partial charge in [-0.2, -0.15) is 0 Å². The second kappa shape index (κ2) is 10.7. The molecule has 1 aliphatic rings. The third-order valence-electron chi connectivity index (χ3n) is 6.45. The van der Waals surface area contributed by atoms with E-state index in [1.165, 1.54) is 19.2 Å². The fraction of sp³-hybridized carbons (Fsp3) is 0.276. The van der Waals surface area contributed by atoms with Crippen LogP contribution in [0.3, 0.4) is 0 Å². The monoisotopic (exact) mass is 476 g/mol. The second-order valence-corrected chi connectivity index (χ2v) is 8.80. The van der Waals surface area contributed by atoms with Gasteiger partial charge in [-0.15, -0.1) is 0 Å². The van der Waals surface area contributed by atoms with E-state index in [1.54, 1.807) is 12.1 Å². The maximum absolute atomic E-state index is 14.3. The van der Waals surface area contributed by atoms with Crippen LogP contribution >= 0.6 is 0 Å². The summed E-state index contributed by atoms with van der Waals surface area (Å²) in [5.74, 6) is -0.813. The first-order valence-corrected chi connectivity index (χ1v) is 11.5. The minimum Gasteiger partial charge on any atom is -0.493 e. The van der Waals surface area contributed by atoms with Gasteiger partial charge in [0.15, 0.2) is 18.1 Å². The normalized spacial score (nSPS) is 21.8. The van der Waals surface area contributed by atoms with Gasteiger partial charge in [0.1, 0.15) is 5.82 Å². The van der Waals surface area contributed by atoms with E-state index in [9.17, 15) is 14.3 Å². The smallest absolute Gasteiger partial charge is 0.341 e. The molecule has 4 atom stereocenters. The van der Waals surface area contributed by atoms with Gasteiger partial charge < -0.3 is 19.3 Å². The molecule has 1 heterocycles. The van der Waals surface area contributed by atoms with Crippen molar-refractivity contribution in [1.82, 2.24) is 0 Å². The predicted molar refractivity (Wildman–Crippen MR) is 131 cm³/mol. The van der Waals surface area contributed by atoms with E-state index in [-0.39, 0.29) is 17.7 Å². The van der Waals surface area contributed by atoms with Crippen molar-refractivity contribution in [2.75, 3.05) is 13.7 Å². The predicted octanol–water partition coefficient (Wildman–Crippen LogP) is 6.48. The number of hydrogen-bond donors (Lipinski definition) is 1. The van der Waals surface area contributed by atoms with E-state index < -0.39 is 24.8 Å². The Morgan fingerprint density at radius 2 is 1.77 bits per heavy atom. The van der Waals surface area contributed by atoms with Crippen molar-refractivity contribution in [3.63, 3.8) is 0 Å². The molecular formula is C29H29FO5. The van der Waals surface area contributed by atoms with Crippen molar-refractivity contribution in [3.05, 3.63) is 107 Å². The largest absolute Gasteiger partial charge is 0.493 e. The highest BCUT2D eigenvalue weighted by Crippen LogP contribution is 2.54. The summed E-state index contributed by atoms with van der Waals surface area (Å²) >= 11 is 0. The first-order valence-electron chi connectivity index (χ1n) is 11.5. The summed E-state index contributed by atoms with van der Waals surface area (Å²) in [6.45, 7) is 5.68. The molecule has 0 saturated carbocycles. The van der Waals surface area contributed by atoms with Crippen molar-refractivity contribution < 1.29 is 28.5 Å². The van der Waals surface area contributed by atoms with Crippen molar-refractivity contribution >= 4 is 5.97 Å². The van der Waals surface area contributed by atoms with E-state index in [0.717, 1.165) is 16.7 Å². The summed E-state index contributed by atoms with van der Waals surface area (Å²) in [7, 11) is 1.51. The van der Waals surface area contributed by atoms with Gasteiger partial charge in [0.05, 0.1) is 19.3 Å². The number of carboxylic acid groups (broad SMARTS) is 1. The maximum atomic E-state index is 14.3. The minimum absolute atomic E-state index is 0.0371. The average Bonchev–Trinajstić information content (AvgIpc) is 2.86. The van der Waals surface area contributed by atoms with E-state index in [2.05, 4.69) is 18.7 Å². The lowest BCUT2D eigenvalue weighted by molar-refractivity contribution is -0.139. The zero-order chi connectivity index (χ0) is 24.9. The number of para-hydroxylation sites is 1. The van der Waals surface area contributed by atoms with Gasteiger partial charge >= 0.3 is 5.97 Å². The number of ether oxygens (including phenoxy) is 3. The van der Waals surface area contributed by atoms with Gasteiger partial charge in [-0.1, -0.05) is 66.7 Å². The summed E-state index contributed by atoms with van der Waals surface area (Å²) in [6.07, 6.45) is -0.229. The molecule has 0 unspecified atom stereocenters. The molecule has 1 N–H and O–H groups in total. The van der Waals surface area contributed by atoms with E-state index in [0.29, 0.717) is 23.5 Å². The van der Waals surface area contributed by atoms with Gasteiger partial charge in [0.25, 0.3) is 0 Å². The van der Waals surface area contributed by atoms with Crippen LogP contribution in [0.1, 0.15) is 48.2 Å². The van der Waals surface area contributed by atoms with Gasteiger partial charge in [-0.25, -0.2) is 9.18 Å². The molecular weight excluding hydrogens is 447 g/mol. The van der Waals surface area contributed by atoms with Crippen LogP contribution in [0.4, 0.5) is 4.39 Å². The van der Waals surface area contributed by atoms with Crippen LogP contribution in [0, 0.1) is 11.7 Å². The van der Waals surface area contributed by atoms with Crippen LogP contribution in [0.25, 0.3) is 0 Å². The average molecular weight is 477 g/mol. The molecule has 0 aromatic heterocycles. The Morgan fingerprint density at radius 1 is 1.06 bits per heavy atom. The highest BCUT2D eigenvalue weighted by molar-refractivity contribution is 5.69. The number of rotatable bonds is 8. The fourth-order valence-electron chi connectivity index (χ4n) is 4.83. The van der Waals surface area contributed by atoms with Crippen LogP contribution in [-0.2, 0) is 9.53 Å². The molecule has 0 amide bonds. The molecule has 3 aromatic carbocycles. The van der Waals surface area contributed by atoms with Gasteiger partial charge in [-0.3, -0.25) is 0 Å². The lowest BCUT2D eigenvalue weighted by Crippen LogP contribution is -2.32. The Labute approximate surface area is 204 Å². The summed E-state index contributed by atoms with van der Waals surface area (Å²) in [5.41, 5.74) is 3.44. The maximum Gasteiger partial charge on any atom is 0.341 e. The SMILES string of the molecule is C=C(C)[C@H]1C[C@H](c2ccccc2)[C@H](c2cccc(F)c2)O[C@@H]1c1cccc(OC)c1OCC(=O)O. The fourth-order valence-corrected chi connectivity index (χ4v) is 4.83. The molecule has 5 nitrogen and oxygen atoms in total. The van der Waals surface area contributed by atoms with Crippen LogP contribution in [0.5, 0.6) is 11.5 Å². The Morgan fingerprint density at radius 3 is 2.43 bits per heavy atom. The Bertz CT molecular complexity index is 1190. The third-order valence-corrected chi connectivity index (χ3v) is 6.45. The highest BCUT2D eigenvalue weighted by Gasteiger charge is 2.42. The van der Waals surface area contributed by atoms with Crippen molar-refractivity contribution in [3.8, 4) is 11.5 Å². The summed E-state index contributed by atoms with van der Waals surface area (Å²) in [4.78, 5) is 11.3. The first kappa shape index (κ1) is 24.5. The van der Waals surface area contributed by atoms with E-state index in [1.807, 2.05) is 43.3 Å². The number of hydrogen-bond acceptors (Lipinski definition) is 4. The van der Waals surface area contributed by atoms with Crippen LogP contribution in [-0.4, -0.2) is 24.8 Å². The molecule has 0 aliphatic carbocycles. The molecule has 1 fully saturated rings. The van der Waals surface area contributed by atoms with Crippen molar-refractivity contribution in [2.24, 2.45) is 5.92 Å². The number of carbonyl (C=O) groups is 1. The molecule has 182 valence electrons. The molecule has 0 spiro atoms. The van der Waals surface area contributed by atoms with Gasteiger partial charge in [0, 0.05) is 17.4 Å². The highest BCUT2D eigenvalue weighted by atomic mass is 19.1. The quantitative estimate of drug-likeness (QED) is 0.377. The summed E-state index contributed by atoms with van der Waals surface area (Å²) in [5, 5.41) is 9.21. The zero-order valence-electron chi connectivity index (χ0n) is 19.8. The molecule has 1 saturated heterocycles. The molecule has 4 rings (SSSR count). The molecule has 3 aromatic rings. The topological polar surface area (TPSA) is 65.0 Å². The lowest BCUT2D eigenvalue weighted by Gasteiger charge is -2.43. The Balaban J connectivity index is 1.82. The van der Waals surface area contributed by atoms with Crippen LogP contribution in [0.2, 0.25) is 0 Å². The molecule has 35 heavy (non-hydrogen) atoms. The zero-order valence-corrected chi connectivity index (χ0v) is 19.8. The number of carboxylic acids is 1. The third kappa shape index (κ3) is 5.38. The summed E-state index contributed by atoms with van der Waals surface area (Å²) < 4.78 is 32.2. The lowest BCUT2D eigenvalue weighted by atomic mass is 9.74. The van der Waals surface area contributed by atoms with Crippen LogP contribution < -0.4 is 9.47 Å². The molecule has 0 bridgehead atoms. The van der Waals surface area contributed by atoms with Gasteiger partial charge in [0.2, 0.25) is 0 Å². The minimum atomic E-state index is -1.09. The number of halogens is 1. The number of aliphatic carboxylic acids is 1. The first-order chi connectivity index (χ1) is 16.9. The van der Waals surface area contributed by atoms with Gasteiger partial charge in [-0.05, 0) is 42.7 Å². The van der Waals surface area contributed by atoms with Crippen LogP contribution in [0.15, 0.2) is 84.9 Å². The standard InChI is InChI=1S/C29H29FO5/c1-18(2)23-16-24(19-9-5-4-6-10-19)27(20-11-7-12-21(30)15-20)35-28(23)22-13-8-14-25(33-3)29(22)34-17-26(31)32/h4-15,23-24,27-28H,1,16-17H2,2-3H3,(H,31,32)/t23-,24-,27+,28-/m1/s1. The van der Waals surface area contributed by atoms with E-state index in [4.69, 9.17) is 14.2 Å². The second-order valence-electron chi connectivity index (χ2n) is 8.80. The molecule has 6 heteroatoms. The van der Waals surface area contributed by atoms with E-state index >= 15 is 0 Å². The Kier molecular flexibility index (Phi) is 7.51.